The Labute approximate surface area is 192 Å². The smallest absolute Gasteiger partial charge is 0.224 e. The van der Waals surface area contributed by atoms with E-state index in [2.05, 4.69) is 20.9 Å². The van der Waals surface area contributed by atoms with Crippen LogP contribution in [-0.2, 0) is 11.2 Å². The number of aliphatic imine (C=N–C) groups is 1. The molecule has 0 radical (unpaired) electrons. The summed E-state index contributed by atoms with van der Waals surface area (Å²) in [7, 11) is 1.65. The predicted molar refractivity (Wildman–Crippen MR) is 124 cm³/mol. The van der Waals surface area contributed by atoms with Gasteiger partial charge in [0.2, 0.25) is 5.91 Å². The first-order valence-electron chi connectivity index (χ1n) is 9.34. The topological polar surface area (TPSA) is 74.8 Å². The molecule has 1 amide bonds. The van der Waals surface area contributed by atoms with E-state index >= 15 is 0 Å². The first-order chi connectivity index (χ1) is 14.0. The summed E-state index contributed by atoms with van der Waals surface area (Å²) in [4.78, 5) is 16.0. The summed E-state index contributed by atoms with van der Waals surface area (Å²) in [6, 6.07) is 11.7. The van der Waals surface area contributed by atoms with Crippen molar-refractivity contribution < 1.29 is 18.3 Å². The van der Waals surface area contributed by atoms with Gasteiger partial charge in [0.15, 0.2) is 5.96 Å². The van der Waals surface area contributed by atoms with Crippen molar-refractivity contribution in [2.45, 2.75) is 19.4 Å². The molecule has 0 spiro atoms. The highest BCUT2D eigenvalue weighted by Crippen LogP contribution is 2.12. The molecule has 3 N–H and O–H groups in total. The SMILES string of the molecule is CN=C(NCCNC(=O)Cc1ccc(F)cc1)NCC(C)Oc1ccc(F)cc1.I. The number of hydrogen-bond donors (Lipinski definition) is 3. The Morgan fingerprint density at radius 3 is 2.13 bits per heavy atom. The molecule has 0 saturated heterocycles. The maximum atomic E-state index is 12.9. The number of halogens is 3. The number of guanidine groups is 1. The third-order valence-electron chi connectivity index (χ3n) is 3.95. The molecule has 9 heteroatoms. The van der Waals surface area contributed by atoms with E-state index in [1.54, 1.807) is 31.3 Å². The second-order valence-corrected chi connectivity index (χ2v) is 6.42. The first-order valence-corrected chi connectivity index (χ1v) is 9.34. The normalized spacial score (nSPS) is 11.8. The summed E-state index contributed by atoms with van der Waals surface area (Å²) in [5, 5.41) is 9.01. The van der Waals surface area contributed by atoms with Crippen molar-refractivity contribution in [3.63, 3.8) is 0 Å². The minimum atomic E-state index is -0.324. The Morgan fingerprint density at radius 2 is 1.53 bits per heavy atom. The summed E-state index contributed by atoms with van der Waals surface area (Å²) in [5.74, 6) is 0.398. The monoisotopic (exact) mass is 532 g/mol. The van der Waals surface area contributed by atoms with Crippen molar-refractivity contribution in [1.29, 1.82) is 0 Å². The molecule has 0 saturated carbocycles. The third kappa shape index (κ3) is 9.86. The van der Waals surface area contributed by atoms with Crippen molar-refractivity contribution in [2.24, 2.45) is 4.99 Å². The Morgan fingerprint density at radius 1 is 0.967 bits per heavy atom. The van der Waals surface area contributed by atoms with Crippen LogP contribution in [-0.4, -0.2) is 44.7 Å². The summed E-state index contributed by atoms with van der Waals surface area (Å²) >= 11 is 0. The standard InChI is InChI=1S/C21H26F2N4O2.HI/c1-15(29-19-9-7-18(23)8-10-19)14-27-21(24-2)26-12-11-25-20(28)13-16-3-5-17(22)6-4-16;/h3-10,15H,11-14H2,1-2H3,(H,25,28)(H2,24,26,27);1H. The molecule has 1 unspecified atom stereocenters. The number of benzene rings is 2. The van der Waals surface area contributed by atoms with E-state index in [0.29, 0.717) is 31.3 Å². The predicted octanol–water partition coefficient (Wildman–Crippen LogP) is 2.87. The van der Waals surface area contributed by atoms with Gasteiger partial charge >= 0.3 is 0 Å². The summed E-state index contributed by atoms with van der Waals surface area (Å²) in [6.07, 6.45) is 0.0420. The molecule has 1 atom stereocenters. The fraction of sp³-hybridized carbons (Fsp3) is 0.333. The third-order valence-corrected chi connectivity index (χ3v) is 3.95. The van der Waals surface area contributed by atoms with Gasteiger partial charge in [-0.3, -0.25) is 9.79 Å². The highest BCUT2D eigenvalue weighted by atomic mass is 127. The lowest BCUT2D eigenvalue weighted by Gasteiger charge is -2.18. The van der Waals surface area contributed by atoms with Crippen molar-refractivity contribution in [3.05, 3.63) is 65.7 Å². The number of hydrogen-bond acceptors (Lipinski definition) is 3. The molecule has 0 aliphatic heterocycles. The molecular formula is C21H27F2IN4O2. The molecule has 2 aromatic rings. The van der Waals surface area contributed by atoms with E-state index in [4.69, 9.17) is 4.74 Å². The minimum Gasteiger partial charge on any atom is -0.489 e. The van der Waals surface area contributed by atoms with Crippen molar-refractivity contribution in [1.82, 2.24) is 16.0 Å². The highest BCUT2D eigenvalue weighted by Gasteiger charge is 2.07. The van der Waals surface area contributed by atoms with Crippen LogP contribution < -0.4 is 20.7 Å². The second-order valence-electron chi connectivity index (χ2n) is 6.42. The number of ether oxygens (including phenoxy) is 1. The molecule has 164 valence electrons. The van der Waals surface area contributed by atoms with Crippen molar-refractivity contribution >= 4 is 35.8 Å². The largest absolute Gasteiger partial charge is 0.489 e. The molecule has 30 heavy (non-hydrogen) atoms. The van der Waals surface area contributed by atoms with Crippen LogP contribution in [0.25, 0.3) is 0 Å². The maximum Gasteiger partial charge on any atom is 0.224 e. The van der Waals surface area contributed by atoms with Gasteiger partial charge in [0.25, 0.3) is 0 Å². The van der Waals surface area contributed by atoms with E-state index in [1.807, 2.05) is 6.92 Å². The zero-order valence-corrected chi connectivity index (χ0v) is 19.3. The van der Waals surface area contributed by atoms with Gasteiger partial charge in [-0.2, -0.15) is 0 Å². The molecule has 0 aromatic heterocycles. The van der Waals surface area contributed by atoms with Gasteiger partial charge in [-0.05, 0) is 48.9 Å². The summed E-state index contributed by atoms with van der Waals surface area (Å²) in [6.45, 7) is 3.29. The van der Waals surface area contributed by atoms with Crippen molar-refractivity contribution in [3.8, 4) is 5.75 Å². The number of nitrogens with one attached hydrogen (secondary N) is 3. The van der Waals surface area contributed by atoms with E-state index in [9.17, 15) is 13.6 Å². The Hall–Kier alpha value is -2.43. The maximum absolute atomic E-state index is 12.9. The summed E-state index contributed by atoms with van der Waals surface area (Å²) < 4.78 is 31.5. The zero-order chi connectivity index (χ0) is 21.1. The van der Waals surface area contributed by atoms with E-state index in [0.717, 1.165) is 5.56 Å². The number of nitrogens with zero attached hydrogens (tertiary/aromatic N) is 1. The van der Waals surface area contributed by atoms with Crippen LogP contribution in [0.15, 0.2) is 53.5 Å². The Balaban J connectivity index is 0.00000450. The van der Waals surface area contributed by atoms with Crippen LogP contribution in [0.2, 0.25) is 0 Å². The van der Waals surface area contributed by atoms with Gasteiger partial charge in [0, 0.05) is 20.1 Å². The van der Waals surface area contributed by atoms with Gasteiger partial charge in [-0.25, -0.2) is 8.78 Å². The van der Waals surface area contributed by atoms with Gasteiger partial charge in [0.05, 0.1) is 13.0 Å². The number of carbonyl (C=O) groups is 1. The average Bonchev–Trinajstić information content (AvgIpc) is 2.71. The molecule has 0 aliphatic rings. The molecule has 2 aromatic carbocycles. The lowest BCUT2D eigenvalue weighted by molar-refractivity contribution is -0.120. The van der Waals surface area contributed by atoms with E-state index < -0.39 is 0 Å². The van der Waals surface area contributed by atoms with E-state index in [-0.39, 0.29) is 54.0 Å². The van der Waals surface area contributed by atoms with Gasteiger partial charge in [0.1, 0.15) is 23.5 Å². The minimum absolute atomic E-state index is 0. The fourth-order valence-corrected chi connectivity index (χ4v) is 2.48. The van der Waals surface area contributed by atoms with Crippen molar-refractivity contribution in [2.75, 3.05) is 26.7 Å². The first kappa shape index (κ1) is 25.6. The molecule has 0 aliphatic carbocycles. The highest BCUT2D eigenvalue weighted by molar-refractivity contribution is 14.0. The summed E-state index contributed by atoms with van der Waals surface area (Å²) in [5.41, 5.74) is 0.754. The Bertz CT molecular complexity index is 802. The van der Waals surface area contributed by atoms with Crippen LogP contribution in [0, 0.1) is 11.6 Å². The molecule has 2 rings (SSSR count). The van der Waals surface area contributed by atoms with Gasteiger partial charge in [-0.15, -0.1) is 24.0 Å². The van der Waals surface area contributed by atoms with Crippen LogP contribution in [0.4, 0.5) is 8.78 Å². The zero-order valence-electron chi connectivity index (χ0n) is 17.0. The molecule has 6 nitrogen and oxygen atoms in total. The van der Waals surface area contributed by atoms with Crippen LogP contribution >= 0.6 is 24.0 Å². The molecule has 0 fully saturated rings. The number of amides is 1. The molecule has 0 heterocycles. The number of rotatable bonds is 9. The lowest BCUT2D eigenvalue weighted by Crippen LogP contribution is -2.44. The fourth-order valence-electron chi connectivity index (χ4n) is 2.48. The van der Waals surface area contributed by atoms with Crippen LogP contribution in [0.1, 0.15) is 12.5 Å². The lowest BCUT2D eigenvalue weighted by atomic mass is 10.1. The van der Waals surface area contributed by atoms with E-state index in [1.165, 1.54) is 24.3 Å². The van der Waals surface area contributed by atoms with Gasteiger partial charge in [-0.1, -0.05) is 12.1 Å². The molecular weight excluding hydrogens is 505 g/mol. The quantitative estimate of drug-likeness (QED) is 0.201. The average molecular weight is 532 g/mol. The number of carbonyl (C=O) groups excluding carboxylic acids is 1. The molecule has 0 bridgehead atoms. The van der Waals surface area contributed by atoms with Crippen LogP contribution in [0.5, 0.6) is 5.75 Å². The van der Waals surface area contributed by atoms with Gasteiger partial charge < -0.3 is 20.7 Å². The van der Waals surface area contributed by atoms with Crippen LogP contribution in [0.3, 0.4) is 0 Å². The second kappa shape index (κ2) is 13.7. The Kier molecular flexibility index (Phi) is 11.7.